The van der Waals surface area contributed by atoms with Gasteiger partial charge >= 0.3 is 0 Å². The smallest absolute Gasteiger partial charge is 0.0103 e. The second kappa shape index (κ2) is 5.31. The van der Waals surface area contributed by atoms with Gasteiger partial charge in [-0.1, -0.05) is 32.8 Å². The molecule has 1 unspecified atom stereocenters. The van der Waals surface area contributed by atoms with E-state index in [4.69, 9.17) is 5.73 Å². The van der Waals surface area contributed by atoms with Crippen LogP contribution in [-0.4, -0.2) is 0 Å². The highest BCUT2D eigenvalue weighted by atomic mass is 14.5. The molecule has 1 saturated carbocycles. The van der Waals surface area contributed by atoms with Gasteiger partial charge in [0, 0.05) is 0 Å². The first-order chi connectivity index (χ1) is 6.22. The maximum Gasteiger partial charge on any atom is -0.0103 e. The van der Waals surface area contributed by atoms with Crippen molar-refractivity contribution in [1.82, 2.24) is 0 Å². The third kappa shape index (κ3) is 3.84. The molecule has 0 aromatic heterocycles. The number of hydrogen-bond donors (Lipinski definition) is 1. The minimum absolute atomic E-state index is 0.815. The van der Waals surface area contributed by atoms with Gasteiger partial charge in [-0.25, -0.2) is 0 Å². The first-order valence-electron chi connectivity index (χ1n) is 5.59. The van der Waals surface area contributed by atoms with Crippen LogP contribution in [0, 0.1) is 17.8 Å². The van der Waals surface area contributed by atoms with E-state index in [2.05, 4.69) is 19.9 Å². The van der Waals surface area contributed by atoms with Gasteiger partial charge < -0.3 is 5.73 Å². The minimum Gasteiger partial charge on any atom is -0.405 e. The standard InChI is InChI=1S/C12H23N/c1-10(4-3-7-13)5-6-12-8-11(2)9-12/h3,7,10-12H,4-6,8-9,13H2,1-2H3/b7-3+. The van der Waals surface area contributed by atoms with E-state index in [1.54, 1.807) is 6.20 Å². The highest BCUT2D eigenvalue weighted by Crippen LogP contribution is 2.37. The average molecular weight is 181 g/mol. The molecule has 0 saturated heterocycles. The lowest BCUT2D eigenvalue weighted by atomic mass is 9.73. The number of nitrogens with two attached hydrogens (primary N) is 1. The Morgan fingerprint density at radius 3 is 2.69 bits per heavy atom. The molecule has 1 atom stereocenters. The summed E-state index contributed by atoms with van der Waals surface area (Å²) in [5.41, 5.74) is 5.31. The van der Waals surface area contributed by atoms with Gasteiger partial charge in [-0.15, -0.1) is 0 Å². The number of allylic oxidation sites excluding steroid dienone is 1. The molecule has 0 aromatic rings. The highest BCUT2D eigenvalue weighted by Gasteiger charge is 2.24. The van der Waals surface area contributed by atoms with Crippen molar-refractivity contribution in [3.8, 4) is 0 Å². The van der Waals surface area contributed by atoms with Crippen molar-refractivity contribution in [2.75, 3.05) is 0 Å². The zero-order chi connectivity index (χ0) is 9.68. The quantitative estimate of drug-likeness (QED) is 0.692. The van der Waals surface area contributed by atoms with Gasteiger partial charge in [0.05, 0.1) is 0 Å². The Morgan fingerprint density at radius 1 is 1.46 bits per heavy atom. The Hall–Kier alpha value is -0.460. The van der Waals surface area contributed by atoms with Crippen LogP contribution in [0.2, 0.25) is 0 Å². The summed E-state index contributed by atoms with van der Waals surface area (Å²) in [7, 11) is 0. The molecule has 0 heterocycles. The predicted octanol–water partition coefficient (Wildman–Crippen LogP) is 3.31. The minimum atomic E-state index is 0.815. The van der Waals surface area contributed by atoms with E-state index in [1.165, 1.54) is 25.7 Å². The third-order valence-electron chi connectivity index (χ3n) is 3.21. The summed E-state index contributed by atoms with van der Waals surface area (Å²) in [6.45, 7) is 4.68. The molecule has 1 heteroatoms. The maximum atomic E-state index is 5.31. The van der Waals surface area contributed by atoms with Gasteiger partial charge in [0.1, 0.15) is 0 Å². The molecule has 0 amide bonds. The first-order valence-corrected chi connectivity index (χ1v) is 5.59. The van der Waals surface area contributed by atoms with Crippen LogP contribution in [0.5, 0.6) is 0 Å². The summed E-state index contributed by atoms with van der Waals surface area (Å²) in [6.07, 6.45) is 10.7. The molecule has 2 N–H and O–H groups in total. The summed E-state index contributed by atoms with van der Waals surface area (Å²) < 4.78 is 0. The van der Waals surface area contributed by atoms with Gasteiger partial charge in [0.15, 0.2) is 0 Å². The van der Waals surface area contributed by atoms with Crippen molar-refractivity contribution in [2.24, 2.45) is 23.5 Å². The molecule has 1 nitrogen and oxygen atoms in total. The van der Waals surface area contributed by atoms with Crippen LogP contribution < -0.4 is 5.73 Å². The van der Waals surface area contributed by atoms with Gasteiger partial charge in [0.25, 0.3) is 0 Å². The fourth-order valence-electron chi connectivity index (χ4n) is 2.25. The SMILES string of the molecule is CC(C/C=C/N)CCC1CC(C)C1. The van der Waals surface area contributed by atoms with Crippen molar-refractivity contribution in [2.45, 2.75) is 46.0 Å². The summed E-state index contributed by atoms with van der Waals surface area (Å²) in [5.74, 6) is 2.86. The lowest BCUT2D eigenvalue weighted by Gasteiger charge is -2.33. The lowest BCUT2D eigenvalue weighted by molar-refractivity contribution is 0.188. The van der Waals surface area contributed by atoms with Gasteiger partial charge in [-0.2, -0.15) is 0 Å². The molecular formula is C12H23N. The molecule has 13 heavy (non-hydrogen) atoms. The molecule has 76 valence electrons. The molecule has 0 aromatic carbocycles. The van der Waals surface area contributed by atoms with Crippen molar-refractivity contribution in [1.29, 1.82) is 0 Å². The van der Waals surface area contributed by atoms with E-state index in [0.717, 1.165) is 24.2 Å². The van der Waals surface area contributed by atoms with E-state index in [-0.39, 0.29) is 0 Å². The largest absolute Gasteiger partial charge is 0.405 e. The number of rotatable bonds is 5. The first kappa shape index (κ1) is 10.6. The third-order valence-corrected chi connectivity index (χ3v) is 3.21. The monoisotopic (exact) mass is 181 g/mol. The molecular weight excluding hydrogens is 158 g/mol. The van der Waals surface area contributed by atoms with Crippen molar-refractivity contribution in [3.63, 3.8) is 0 Å². The lowest BCUT2D eigenvalue weighted by Crippen LogP contribution is -2.21. The maximum absolute atomic E-state index is 5.31. The average Bonchev–Trinajstić information content (AvgIpc) is 2.07. The van der Waals surface area contributed by atoms with Crippen molar-refractivity contribution >= 4 is 0 Å². The molecule has 1 aliphatic carbocycles. The zero-order valence-electron chi connectivity index (χ0n) is 9.00. The summed E-state index contributed by atoms with van der Waals surface area (Å²) in [4.78, 5) is 0. The van der Waals surface area contributed by atoms with Crippen LogP contribution in [0.25, 0.3) is 0 Å². The normalized spacial score (nSPS) is 30.3. The zero-order valence-corrected chi connectivity index (χ0v) is 9.00. The molecule has 1 rings (SSSR count). The fourth-order valence-corrected chi connectivity index (χ4v) is 2.25. The van der Waals surface area contributed by atoms with E-state index < -0.39 is 0 Å². The van der Waals surface area contributed by atoms with E-state index in [0.29, 0.717) is 0 Å². The van der Waals surface area contributed by atoms with Crippen molar-refractivity contribution < 1.29 is 0 Å². The van der Waals surface area contributed by atoms with E-state index in [9.17, 15) is 0 Å². The molecule has 1 fully saturated rings. The summed E-state index contributed by atoms with van der Waals surface area (Å²) in [5, 5.41) is 0. The Labute approximate surface area is 82.4 Å². The highest BCUT2D eigenvalue weighted by molar-refractivity contribution is 4.80. The van der Waals surface area contributed by atoms with Crippen LogP contribution in [-0.2, 0) is 0 Å². The van der Waals surface area contributed by atoms with E-state index >= 15 is 0 Å². The van der Waals surface area contributed by atoms with Gasteiger partial charge in [-0.3, -0.25) is 0 Å². The summed E-state index contributed by atoms with van der Waals surface area (Å²) in [6, 6.07) is 0. The number of hydrogen-bond acceptors (Lipinski definition) is 1. The molecule has 0 radical (unpaired) electrons. The molecule has 0 bridgehead atoms. The Kier molecular flexibility index (Phi) is 4.34. The van der Waals surface area contributed by atoms with Crippen LogP contribution in [0.15, 0.2) is 12.3 Å². The molecule has 0 spiro atoms. The fraction of sp³-hybridized carbons (Fsp3) is 0.833. The van der Waals surface area contributed by atoms with Crippen LogP contribution in [0.1, 0.15) is 46.0 Å². The summed E-state index contributed by atoms with van der Waals surface area (Å²) >= 11 is 0. The van der Waals surface area contributed by atoms with E-state index in [1.807, 2.05) is 0 Å². The second-order valence-corrected chi connectivity index (χ2v) is 4.79. The Balaban J connectivity index is 1.98. The van der Waals surface area contributed by atoms with Crippen LogP contribution in [0.3, 0.4) is 0 Å². The predicted molar refractivity (Wildman–Crippen MR) is 58.2 cm³/mol. The Bertz CT molecular complexity index is 157. The second-order valence-electron chi connectivity index (χ2n) is 4.79. The van der Waals surface area contributed by atoms with Gasteiger partial charge in [-0.05, 0) is 43.2 Å². The van der Waals surface area contributed by atoms with Crippen molar-refractivity contribution in [3.05, 3.63) is 12.3 Å². The van der Waals surface area contributed by atoms with Crippen LogP contribution >= 0.6 is 0 Å². The van der Waals surface area contributed by atoms with Crippen LogP contribution in [0.4, 0.5) is 0 Å². The topological polar surface area (TPSA) is 26.0 Å². The van der Waals surface area contributed by atoms with Gasteiger partial charge in [0.2, 0.25) is 0 Å². The molecule has 1 aliphatic rings. The Morgan fingerprint density at radius 2 is 2.15 bits per heavy atom. The molecule has 0 aliphatic heterocycles.